The fourth-order valence-corrected chi connectivity index (χ4v) is 7.81. The predicted molar refractivity (Wildman–Crippen MR) is 228 cm³/mol. The second kappa shape index (κ2) is 16.3. The van der Waals surface area contributed by atoms with E-state index >= 15 is 35.1 Å². The van der Waals surface area contributed by atoms with Crippen LogP contribution in [-0.4, -0.2) is 64.2 Å². The van der Waals surface area contributed by atoms with Gasteiger partial charge in [0.2, 0.25) is 0 Å². The maximum absolute atomic E-state index is 16.8. The second-order valence-electron chi connectivity index (χ2n) is 14.9. The van der Waals surface area contributed by atoms with E-state index in [0.29, 0.717) is 0 Å². The molecule has 6 N–H and O–H groups in total. The Kier molecular flexibility index (Phi) is 10.6. The molecule has 4 aromatic carbocycles. The summed E-state index contributed by atoms with van der Waals surface area (Å²) in [5.74, 6) is -21.1. The van der Waals surface area contributed by atoms with Gasteiger partial charge in [-0.1, -0.05) is 48.5 Å². The summed E-state index contributed by atoms with van der Waals surface area (Å²) in [6.45, 7) is 0. The number of carbonyl (C=O) groups is 4. The minimum atomic E-state index is -1.92. The first kappa shape index (κ1) is 44.0. The topological polar surface area (TPSA) is 207 Å². The molecule has 8 bridgehead atoms. The standard InChI is InChI=1S/C48H22F8N4O8/c49-29-31(51)39-26(18-3-11-22(12-4-18)46(63)64)41-33(53)35(55)43(59-41)28(20-7-15-24(16-8-20)48(67)68)44-36(56)34(54)42(60-44)27(19-5-13-23(14-6-19)47(65)66)40-32(52)30(50)38(58-40)25(37(29)57-39)17-1-9-21(10-2-17)45(61)62/h1-16,57,60H,(H,61,62)(H,63,64)(H,65,66)(H,67,68). The van der Waals surface area contributed by atoms with Crippen molar-refractivity contribution in [1.29, 1.82) is 0 Å². The van der Waals surface area contributed by atoms with E-state index in [1.807, 2.05) is 0 Å². The summed E-state index contributed by atoms with van der Waals surface area (Å²) < 4.78 is 135. The minimum absolute atomic E-state index is 0.366. The van der Waals surface area contributed by atoms with Gasteiger partial charge in [0.25, 0.3) is 0 Å². The zero-order chi connectivity index (χ0) is 48.6. The number of halogens is 8. The van der Waals surface area contributed by atoms with Crippen molar-refractivity contribution in [2.45, 2.75) is 0 Å². The van der Waals surface area contributed by atoms with Crippen LogP contribution in [0.4, 0.5) is 35.1 Å². The van der Waals surface area contributed by atoms with Crippen LogP contribution in [0.15, 0.2) is 97.1 Å². The summed E-state index contributed by atoms with van der Waals surface area (Å²) in [6, 6.07) is 15.5. The van der Waals surface area contributed by atoms with Gasteiger partial charge in [0.05, 0.1) is 44.3 Å². The first-order valence-corrected chi connectivity index (χ1v) is 19.4. The maximum Gasteiger partial charge on any atom is 0.335 e. The highest BCUT2D eigenvalue weighted by molar-refractivity contribution is 6.05. The molecule has 0 saturated carbocycles. The van der Waals surface area contributed by atoms with Gasteiger partial charge in [0.1, 0.15) is 22.8 Å². The van der Waals surface area contributed by atoms with E-state index in [4.69, 9.17) is 0 Å². The van der Waals surface area contributed by atoms with E-state index in [1.54, 1.807) is 0 Å². The number of carboxylic acids is 4. The Hall–Kier alpha value is -9.20. The number of hydrogen-bond acceptors (Lipinski definition) is 6. The van der Waals surface area contributed by atoms with Gasteiger partial charge < -0.3 is 30.4 Å². The van der Waals surface area contributed by atoms with E-state index in [1.165, 1.54) is 0 Å². The lowest BCUT2D eigenvalue weighted by molar-refractivity contribution is 0.0686. The van der Waals surface area contributed by atoms with E-state index < -0.39 is 138 Å². The van der Waals surface area contributed by atoms with E-state index in [2.05, 4.69) is 19.9 Å². The smallest absolute Gasteiger partial charge is 0.335 e. The molecule has 68 heavy (non-hydrogen) atoms. The average Bonchev–Trinajstić information content (AvgIpc) is 3.98. The Labute approximate surface area is 373 Å². The van der Waals surface area contributed by atoms with Crippen LogP contribution < -0.4 is 0 Å². The number of hydrogen-bond donors (Lipinski definition) is 6. The Morgan fingerprint density at radius 1 is 0.324 bits per heavy atom. The fourth-order valence-electron chi connectivity index (χ4n) is 7.81. The van der Waals surface area contributed by atoms with Crippen molar-refractivity contribution in [3.8, 4) is 44.5 Å². The van der Waals surface area contributed by atoms with Gasteiger partial charge in [-0.15, -0.1) is 0 Å². The average molecular weight is 935 g/mol. The molecule has 0 amide bonds. The van der Waals surface area contributed by atoms with Gasteiger partial charge in [-0.05, 0) is 70.8 Å². The summed E-state index contributed by atoms with van der Waals surface area (Å²) in [5, 5.41) is 38.4. The number of aromatic carboxylic acids is 4. The van der Waals surface area contributed by atoms with Gasteiger partial charge in [-0.2, -0.15) is 0 Å². The quantitative estimate of drug-likeness (QED) is 0.0795. The molecule has 0 unspecified atom stereocenters. The van der Waals surface area contributed by atoms with E-state index in [9.17, 15) is 39.6 Å². The molecule has 0 saturated heterocycles. The molecule has 2 aliphatic rings. The first-order chi connectivity index (χ1) is 32.4. The lowest BCUT2D eigenvalue weighted by Gasteiger charge is -2.07. The van der Waals surface area contributed by atoms with Crippen molar-refractivity contribution in [2.24, 2.45) is 0 Å². The van der Waals surface area contributed by atoms with Crippen LogP contribution in [0.25, 0.3) is 89.9 Å². The molecular weight excluding hydrogens is 913 g/mol. The number of H-pyrrole nitrogens is 2. The molecule has 12 nitrogen and oxygen atoms in total. The Balaban J connectivity index is 1.58. The molecule has 0 radical (unpaired) electrons. The number of carboxylic acid groups (broad SMARTS) is 4. The van der Waals surface area contributed by atoms with Gasteiger partial charge in [-0.25, -0.2) is 64.3 Å². The van der Waals surface area contributed by atoms with Crippen LogP contribution in [0, 0.1) is 23.3 Å². The largest absolute Gasteiger partial charge is 0.478 e. The van der Waals surface area contributed by atoms with E-state index in [0.717, 1.165) is 97.1 Å². The highest BCUT2D eigenvalue weighted by atomic mass is 19.2. The Morgan fingerprint density at radius 3 is 0.662 bits per heavy atom. The fraction of sp³-hybridized carbons (Fsp3) is 0. The molecule has 0 spiro atoms. The monoisotopic (exact) mass is 934 g/mol. The number of nitrogens with one attached hydrogen (secondary N) is 2. The minimum Gasteiger partial charge on any atom is -0.478 e. The summed E-state index contributed by atoms with van der Waals surface area (Å²) in [5.41, 5.74) is -15.2. The Morgan fingerprint density at radius 2 is 0.500 bits per heavy atom. The van der Waals surface area contributed by atoms with Crippen LogP contribution >= 0.6 is 0 Å². The zero-order valence-electron chi connectivity index (χ0n) is 33.6. The third-order valence-electron chi connectivity index (χ3n) is 11.1. The number of aromatic amines is 2. The van der Waals surface area contributed by atoms with Crippen LogP contribution in [-0.2, 0) is 0 Å². The zero-order valence-corrected chi connectivity index (χ0v) is 33.6. The van der Waals surface area contributed by atoms with Crippen LogP contribution in [0.3, 0.4) is 0 Å². The highest BCUT2D eigenvalue weighted by Crippen LogP contribution is 2.48. The summed E-state index contributed by atoms with van der Waals surface area (Å²) in [6.07, 6.45) is 0. The van der Waals surface area contributed by atoms with E-state index in [-0.39, 0.29) is 44.5 Å². The van der Waals surface area contributed by atoms with Crippen molar-refractivity contribution < 1.29 is 74.7 Å². The molecule has 0 fully saturated rings. The molecule has 9 rings (SSSR count). The number of nitrogens with zero attached hydrogens (tertiary/aromatic N) is 2. The van der Waals surface area contributed by atoms with Crippen molar-refractivity contribution in [1.82, 2.24) is 19.9 Å². The molecule has 20 heteroatoms. The molecular formula is C48H22F8N4O8. The lowest BCUT2D eigenvalue weighted by atomic mass is 10.0. The van der Waals surface area contributed by atoms with Gasteiger partial charge in [0.15, 0.2) is 46.6 Å². The molecule has 0 aliphatic carbocycles. The summed E-state index contributed by atoms with van der Waals surface area (Å²) >= 11 is 0. The van der Waals surface area contributed by atoms with Gasteiger partial charge in [0, 0.05) is 22.3 Å². The first-order valence-electron chi connectivity index (χ1n) is 19.4. The van der Waals surface area contributed by atoms with Gasteiger partial charge in [-0.3, -0.25) is 0 Å². The molecule has 5 heterocycles. The normalized spacial score (nSPS) is 12.5. The third-order valence-corrected chi connectivity index (χ3v) is 11.1. The van der Waals surface area contributed by atoms with Crippen LogP contribution in [0.2, 0.25) is 0 Å². The molecule has 7 aromatic rings. The highest BCUT2D eigenvalue weighted by Gasteiger charge is 2.35. The number of fused-ring (bicyclic) bond motifs is 8. The molecule has 2 aliphatic heterocycles. The SMILES string of the molecule is O=C(O)c1ccc(-c2c3nc(c(-c4ccc(C(=O)O)cc4)c4[nH]c(c(F)c4F)c(-c4ccc(C(=O)O)cc4)c4nc(c(-c5ccc(C(=O)O)cc5)c5[nH]c2c(F)c5F)C(F)=C4F)C(F)=C3F)cc1. The molecule has 3 aromatic heterocycles. The van der Waals surface area contributed by atoms with Crippen molar-refractivity contribution >= 4 is 69.3 Å². The van der Waals surface area contributed by atoms with Crippen molar-refractivity contribution in [3.05, 3.63) is 165 Å². The number of rotatable bonds is 8. The Bertz CT molecular complexity index is 3170. The van der Waals surface area contributed by atoms with Crippen molar-refractivity contribution in [2.75, 3.05) is 0 Å². The third kappa shape index (κ3) is 7.01. The van der Waals surface area contributed by atoms with Crippen molar-refractivity contribution in [3.63, 3.8) is 0 Å². The molecule has 0 atom stereocenters. The van der Waals surface area contributed by atoms with Gasteiger partial charge >= 0.3 is 23.9 Å². The number of benzene rings is 4. The summed E-state index contributed by atoms with van der Waals surface area (Å²) in [4.78, 5) is 60.1. The molecule has 338 valence electrons. The maximum atomic E-state index is 16.8. The van der Waals surface area contributed by atoms with Crippen LogP contribution in [0.1, 0.15) is 64.2 Å². The second-order valence-corrected chi connectivity index (χ2v) is 14.9. The lowest BCUT2D eigenvalue weighted by Crippen LogP contribution is -1.97. The van der Waals surface area contributed by atoms with Crippen LogP contribution in [0.5, 0.6) is 0 Å². The number of aromatic nitrogens is 4. The summed E-state index contributed by atoms with van der Waals surface area (Å²) in [7, 11) is 0. The predicted octanol–water partition coefficient (Wildman–Crippen LogP) is 11.9.